The molecule has 0 spiro atoms. The molecule has 2 aromatic heterocycles. The third-order valence-electron chi connectivity index (χ3n) is 11.8. The number of carbonyl (C=O) groups is 2. The second-order valence-corrected chi connectivity index (χ2v) is 16.3. The van der Waals surface area contributed by atoms with Gasteiger partial charge in [-0.1, -0.05) is 58.0 Å². The highest BCUT2D eigenvalue weighted by Gasteiger charge is 2.55. The molecule has 2 aliphatic carbocycles. The number of amides is 2. The number of H-pyrrole nitrogens is 2. The molecule has 50 heavy (non-hydrogen) atoms. The second-order valence-electron chi connectivity index (χ2n) is 16.3. The van der Waals surface area contributed by atoms with Crippen molar-refractivity contribution >= 4 is 33.6 Å². The van der Waals surface area contributed by atoms with E-state index >= 15 is 0 Å². The average Bonchev–Trinajstić information content (AvgIpc) is 3.75. The summed E-state index contributed by atoms with van der Waals surface area (Å²) in [6.45, 7) is 10.1. The Balaban J connectivity index is 1.01. The highest BCUT2D eigenvalue weighted by molar-refractivity contribution is 6.05. The zero-order chi connectivity index (χ0) is 34.3. The van der Waals surface area contributed by atoms with Gasteiger partial charge in [-0.15, -0.1) is 0 Å². The molecule has 4 atom stereocenters. The van der Waals surface area contributed by atoms with Gasteiger partial charge in [0, 0.05) is 36.9 Å². The van der Waals surface area contributed by atoms with Crippen LogP contribution < -0.4 is 0 Å². The van der Waals surface area contributed by atoms with Crippen LogP contribution in [0.2, 0.25) is 0 Å². The lowest BCUT2D eigenvalue weighted by Crippen LogP contribution is -2.34. The molecule has 1 saturated carbocycles. The molecule has 0 radical (unpaired) electrons. The lowest BCUT2D eigenvalue weighted by molar-refractivity contribution is -0.134. The molecule has 8 heteroatoms. The summed E-state index contributed by atoms with van der Waals surface area (Å²) in [6, 6.07) is 15.8. The number of likely N-dealkylation sites (tertiary alicyclic amines) is 2. The topological polar surface area (TPSA) is 98.0 Å². The number of carbonyl (C=O) groups excluding carboxylic acids is 2. The summed E-state index contributed by atoms with van der Waals surface area (Å²) in [5.41, 5.74) is 9.69. The van der Waals surface area contributed by atoms with Crippen molar-refractivity contribution in [3.8, 4) is 22.4 Å². The molecule has 3 fully saturated rings. The van der Waals surface area contributed by atoms with E-state index in [1.807, 2.05) is 11.1 Å². The van der Waals surface area contributed by atoms with Crippen LogP contribution >= 0.6 is 0 Å². The van der Waals surface area contributed by atoms with Crippen LogP contribution in [-0.2, 0) is 22.4 Å². The van der Waals surface area contributed by atoms with E-state index in [1.165, 1.54) is 39.6 Å². The number of nitrogens with zero attached hydrogens (tertiary/aromatic N) is 4. The Morgan fingerprint density at radius 3 is 2.42 bits per heavy atom. The Morgan fingerprint density at radius 1 is 0.860 bits per heavy atom. The standard InChI is InChI=1S/C42H48N6O2/c1-23(2)17-37(49)47-16-6-9-36(47)41-44-34-15-11-26-19-25(10-12-29(26)39(34)46-41)28-13-14-32(31-8-5-7-30(28)31)35-21-43-42(45-35)40-33-20-27(33)22-48(40)38(50)18-24(3)4/h10-15,19,21,23-24,27,33,36,40H,5-9,16-18,20,22H2,1-4H3,(H,43,45)(H,44,46). The fourth-order valence-corrected chi connectivity index (χ4v) is 9.35. The number of hydrogen-bond acceptors (Lipinski definition) is 4. The minimum atomic E-state index is 0.0186. The molecular formula is C42H48N6O2. The van der Waals surface area contributed by atoms with Gasteiger partial charge in [0.25, 0.3) is 0 Å². The van der Waals surface area contributed by atoms with E-state index in [4.69, 9.17) is 9.97 Å². The van der Waals surface area contributed by atoms with E-state index in [2.05, 4.69) is 85.0 Å². The van der Waals surface area contributed by atoms with Crippen LogP contribution in [0, 0.1) is 23.7 Å². The van der Waals surface area contributed by atoms with E-state index < -0.39 is 0 Å². The molecule has 4 unspecified atom stereocenters. The van der Waals surface area contributed by atoms with Gasteiger partial charge in [0.1, 0.15) is 11.6 Å². The first-order valence-corrected chi connectivity index (χ1v) is 18.9. The Hall–Kier alpha value is -4.46. The van der Waals surface area contributed by atoms with Crippen LogP contribution in [0.4, 0.5) is 0 Å². The first kappa shape index (κ1) is 31.5. The highest BCUT2D eigenvalue weighted by atomic mass is 16.2. The largest absolute Gasteiger partial charge is 0.340 e. The minimum Gasteiger partial charge on any atom is -0.340 e. The van der Waals surface area contributed by atoms with E-state index in [-0.39, 0.29) is 23.9 Å². The van der Waals surface area contributed by atoms with E-state index in [0.717, 1.165) is 79.0 Å². The monoisotopic (exact) mass is 668 g/mol. The highest BCUT2D eigenvalue weighted by Crippen LogP contribution is 2.56. The fraction of sp³-hybridized carbons (Fsp3) is 0.476. The number of aromatic amines is 2. The first-order chi connectivity index (χ1) is 24.2. The van der Waals surface area contributed by atoms with E-state index in [1.54, 1.807) is 0 Å². The predicted molar refractivity (Wildman–Crippen MR) is 197 cm³/mol. The van der Waals surface area contributed by atoms with Crippen LogP contribution in [0.1, 0.15) is 101 Å². The van der Waals surface area contributed by atoms with Gasteiger partial charge in [0.15, 0.2) is 0 Å². The smallest absolute Gasteiger partial charge is 0.223 e. The van der Waals surface area contributed by atoms with Crippen molar-refractivity contribution in [3.63, 3.8) is 0 Å². The Labute approximate surface area is 294 Å². The van der Waals surface area contributed by atoms with Crippen LogP contribution in [-0.4, -0.2) is 54.6 Å². The minimum absolute atomic E-state index is 0.0186. The zero-order valence-corrected chi connectivity index (χ0v) is 29.8. The molecule has 9 rings (SSSR count). The molecule has 2 N–H and O–H groups in total. The fourth-order valence-electron chi connectivity index (χ4n) is 9.35. The maximum atomic E-state index is 13.1. The summed E-state index contributed by atoms with van der Waals surface area (Å²) in [7, 11) is 0. The molecule has 2 amide bonds. The Morgan fingerprint density at radius 2 is 1.62 bits per heavy atom. The molecule has 3 aromatic carbocycles. The molecule has 5 aromatic rings. The van der Waals surface area contributed by atoms with Gasteiger partial charge in [0.05, 0.1) is 35.0 Å². The third kappa shape index (κ3) is 5.33. The number of nitrogens with one attached hydrogen (secondary N) is 2. The van der Waals surface area contributed by atoms with Crippen molar-refractivity contribution in [2.24, 2.45) is 23.7 Å². The van der Waals surface area contributed by atoms with Gasteiger partial charge >= 0.3 is 0 Å². The van der Waals surface area contributed by atoms with Crippen LogP contribution in [0.3, 0.4) is 0 Å². The second kappa shape index (κ2) is 12.1. The molecule has 2 saturated heterocycles. The number of fused-ring (bicyclic) bond motifs is 5. The van der Waals surface area contributed by atoms with Crippen molar-refractivity contribution < 1.29 is 9.59 Å². The summed E-state index contributed by atoms with van der Waals surface area (Å²) in [4.78, 5) is 47.6. The lowest BCUT2D eigenvalue weighted by Gasteiger charge is -2.27. The van der Waals surface area contributed by atoms with E-state index in [0.29, 0.717) is 36.5 Å². The van der Waals surface area contributed by atoms with Crippen LogP contribution in [0.25, 0.3) is 44.2 Å². The van der Waals surface area contributed by atoms with Gasteiger partial charge in [0.2, 0.25) is 11.8 Å². The van der Waals surface area contributed by atoms with Crippen LogP contribution in [0.15, 0.2) is 48.7 Å². The maximum absolute atomic E-state index is 13.1. The number of rotatable bonds is 8. The van der Waals surface area contributed by atoms with Crippen molar-refractivity contribution in [1.82, 2.24) is 29.7 Å². The van der Waals surface area contributed by atoms with Gasteiger partial charge < -0.3 is 19.8 Å². The number of hydrogen-bond donors (Lipinski definition) is 2. The quantitative estimate of drug-likeness (QED) is 0.173. The number of benzene rings is 3. The summed E-state index contributed by atoms with van der Waals surface area (Å²) in [5, 5.41) is 2.31. The zero-order valence-electron chi connectivity index (χ0n) is 29.8. The molecule has 4 aliphatic rings. The molecular weight excluding hydrogens is 621 g/mol. The summed E-state index contributed by atoms with van der Waals surface area (Å²) in [5.74, 6) is 4.22. The molecule has 0 bridgehead atoms. The van der Waals surface area contributed by atoms with Crippen molar-refractivity contribution in [3.05, 3.63) is 71.4 Å². The number of imidazole rings is 2. The SMILES string of the molecule is CC(C)CC(=O)N1CCCC1c1nc2c(ccc3cc(-c4ccc(-c5cnc(C6C7CC7CN6C(=O)CC(C)C)[nH]5)c5c4CCC5)ccc32)[nH]1. The van der Waals surface area contributed by atoms with Crippen LogP contribution in [0.5, 0.6) is 0 Å². The van der Waals surface area contributed by atoms with Gasteiger partial charge in [-0.05, 0) is 102 Å². The lowest BCUT2D eigenvalue weighted by atomic mass is 9.91. The molecule has 258 valence electrons. The van der Waals surface area contributed by atoms with Gasteiger partial charge in [-0.25, -0.2) is 9.97 Å². The molecule has 4 heterocycles. The van der Waals surface area contributed by atoms with Gasteiger partial charge in [-0.2, -0.15) is 0 Å². The number of piperidine rings is 1. The predicted octanol–water partition coefficient (Wildman–Crippen LogP) is 8.54. The normalized spacial score (nSPS) is 22.8. The molecule has 8 nitrogen and oxygen atoms in total. The Bertz CT molecular complexity index is 2140. The first-order valence-electron chi connectivity index (χ1n) is 18.9. The van der Waals surface area contributed by atoms with E-state index in [9.17, 15) is 9.59 Å². The number of aromatic nitrogens is 4. The maximum Gasteiger partial charge on any atom is 0.223 e. The van der Waals surface area contributed by atoms with Crippen molar-refractivity contribution in [1.29, 1.82) is 0 Å². The summed E-state index contributed by atoms with van der Waals surface area (Å²) >= 11 is 0. The average molecular weight is 669 g/mol. The summed E-state index contributed by atoms with van der Waals surface area (Å²) < 4.78 is 0. The van der Waals surface area contributed by atoms with Crippen molar-refractivity contribution in [2.45, 2.75) is 91.1 Å². The van der Waals surface area contributed by atoms with Crippen molar-refractivity contribution in [2.75, 3.05) is 13.1 Å². The third-order valence-corrected chi connectivity index (χ3v) is 11.8. The Kier molecular flexibility index (Phi) is 7.63. The summed E-state index contributed by atoms with van der Waals surface area (Å²) in [6.07, 6.45) is 9.61. The van der Waals surface area contributed by atoms with Gasteiger partial charge in [-0.3, -0.25) is 9.59 Å². The molecule has 2 aliphatic heterocycles.